The number of nitrogens with two attached hydrogens (primary N) is 1. The summed E-state index contributed by atoms with van der Waals surface area (Å²) in [6, 6.07) is 16.6. The first-order valence-electron chi connectivity index (χ1n) is 26.5. The first-order chi connectivity index (χ1) is 34.8. The van der Waals surface area contributed by atoms with Crippen LogP contribution >= 0.6 is 0 Å². The van der Waals surface area contributed by atoms with Gasteiger partial charge in [0.05, 0.1) is 35.9 Å². The Hall–Kier alpha value is -6.39. The SMILES string of the molecule is C[C@H]1CC[C@H](c2ccc3c(c2)CCN(C)C3)N(C(=O)C(=O)Nc2cnc(N)c(C3CC3)c2)C1.C[C@H]1CC[C@H](c2ccc3c(c2)CCN(C)C3)N(C(=O)C(=O)Nc2cnc(NC(=O)OC(C)(C)C)c(C3CC3)c2)C1. The molecule has 4 aromatic rings. The minimum atomic E-state index is -0.671. The van der Waals surface area contributed by atoms with Crippen molar-refractivity contribution in [2.45, 2.75) is 141 Å². The van der Waals surface area contributed by atoms with Crippen LogP contribution in [-0.4, -0.2) is 105 Å². The molecule has 5 amide bonds. The van der Waals surface area contributed by atoms with Crippen LogP contribution in [0.25, 0.3) is 0 Å². The first kappa shape index (κ1) is 51.5. The van der Waals surface area contributed by atoms with Crippen LogP contribution in [0.5, 0.6) is 0 Å². The van der Waals surface area contributed by atoms with Crippen LogP contribution in [0.3, 0.4) is 0 Å². The van der Waals surface area contributed by atoms with Crippen LogP contribution in [-0.2, 0) is 49.8 Å². The van der Waals surface area contributed by atoms with Gasteiger partial charge in [-0.15, -0.1) is 0 Å². The van der Waals surface area contributed by atoms with Gasteiger partial charge in [0.2, 0.25) is 0 Å². The van der Waals surface area contributed by atoms with Crippen molar-refractivity contribution in [3.8, 4) is 0 Å². The van der Waals surface area contributed by atoms with Crippen LogP contribution in [0.4, 0.5) is 27.8 Å². The fourth-order valence-electron chi connectivity index (χ4n) is 11.0. The van der Waals surface area contributed by atoms with Crippen molar-refractivity contribution in [2.75, 3.05) is 62.0 Å². The van der Waals surface area contributed by atoms with Crippen molar-refractivity contribution in [1.82, 2.24) is 29.6 Å². The van der Waals surface area contributed by atoms with Crippen molar-refractivity contribution in [3.63, 3.8) is 0 Å². The minimum absolute atomic E-state index is 0.0732. The van der Waals surface area contributed by atoms with E-state index in [0.29, 0.717) is 53.9 Å². The van der Waals surface area contributed by atoms with E-state index < -0.39 is 35.3 Å². The van der Waals surface area contributed by atoms with Crippen LogP contribution in [0, 0.1) is 11.8 Å². The van der Waals surface area contributed by atoms with Crippen LogP contribution in [0.1, 0.15) is 154 Å². The maximum absolute atomic E-state index is 13.6. The number of hydrogen-bond donors (Lipinski definition) is 4. The lowest BCUT2D eigenvalue weighted by atomic mass is 9.87. The van der Waals surface area contributed by atoms with E-state index in [1.54, 1.807) is 36.6 Å². The molecule has 0 bridgehead atoms. The number of nitrogens with zero attached hydrogens (tertiary/aromatic N) is 6. The molecule has 2 saturated carbocycles. The summed E-state index contributed by atoms with van der Waals surface area (Å²) >= 11 is 0. The summed E-state index contributed by atoms with van der Waals surface area (Å²) < 4.78 is 5.37. The molecule has 6 heterocycles. The van der Waals surface area contributed by atoms with Gasteiger partial charge in [0.25, 0.3) is 0 Å². The number of hydrogen-bond acceptors (Lipinski definition) is 11. The number of carbonyl (C=O) groups is 5. The van der Waals surface area contributed by atoms with Crippen molar-refractivity contribution < 1.29 is 28.7 Å². The number of ether oxygens (including phenoxy) is 1. The van der Waals surface area contributed by atoms with Gasteiger partial charge in [0.15, 0.2) is 0 Å². The molecular weight excluding hydrogens is 921 g/mol. The third-order valence-electron chi connectivity index (χ3n) is 15.2. The molecule has 2 aliphatic carbocycles. The molecule has 0 radical (unpaired) electrons. The molecule has 2 saturated heterocycles. The second kappa shape index (κ2) is 21.6. The summed E-state index contributed by atoms with van der Waals surface area (Å²) in [5.74, 6) is -0.00869. The second-order valence-electron chi connectivity index (χ2n) is 22.8. The van der Waals surface area contributed by atoms with E-state index in [1.165, 1.54) is 34.6 Å². The Morgan fingerprint density at radius 1 is 0.603 bits per heavy atom. The highest BCUT2D eigenvalue weighted by Crippen LogP contribution is 2.45. The molecule has 10 rings (SSSR count). The molecule has 2 aromatic carbocycles. The smallest absolute Gasteiger partial charge is 0.413 e. The molecule has 73 heavy (non-hydrogen) atoms. The molecule has 5 N–H and O–H groups in total. The third-order valence-corrected chi connectivity index (χ3v) is 15.2. The molecule has 0 unspecified atom stereocenters. The summed E-state index contributed by atoms with van der Waals surface area (Å²) in [5.41, 5.74) is 15.8. The zero-order valence-corrected chi connectivity index (χ0v) is 43.8. The number of fused-ring (bicyclic) bond motifs is 2. The lowest BCUT2D eigenvalue weighted by Crippen LogP contribution is -2.46. The monoisotopic (exact) mass is 995 g/mol. The second-order valence-corrected chi connectivity index (χ2v) is 22.8. The van der Waals surface area contributed by atoms with E-state index in [9.17, 15) is 24.0 Å². The standard InChI is InChI=1S/C31H41N5O4.C26H33N5O2/c1-19-6-11-26(22-9-10-23-18-35(5)13-12-21(23)14-22)36(17-19)29(38)28(37)33-24-15-25(20-7-8-20)27(32-16-24)34-30(39)40-31(2,3)4;1-16-3-8-23(19-6-7-20-15-30(2)10-9-18(20)11-19)31(14-16)26(33)25(32)29-21-12-22(17-4-5-17)24(27)28-13-21/h9-10,14-16,19-20,26H,6-8,11-13,17-18H2,1-5H3,(H,33,37)(H,32,34,39);6-7,11-13,16-17,23H,3-5,8-10,14-15H2,1-2H3,(H2,27,28)(H,29,32)/t19-,26+;16-,23+/m00/s1. The minimum Gasteiger partial charge on any atom is -0.444 e. The van der Waals surface area contributed by atoms with E-state index in [1.807, 2.05) is 6.07 Å². The van der Waals surface area contributed by atoms with Gasteiger partial charge in [-0.1, -0.05) is 50.2 Å². The zero-order chi connectivity index (χ0) is 51.7. The Labute approximate surface area is 430 Å². The van der Waals surface area contributed by atoms with E-state index in [-0.39, 0.29) is 18.0 Å². The third kappa shape index (κ3) is 12.7. The number of piperidine rings is 2. The molecular formula is C57H74N10O6. The summed E-state index contributed by atoms with van der Waals surface area (Å²) in [7, 11) is 4.27. The summed E-state index contributed by atoms with van der Waals surface area (Å²) in [5, 5.41) is 8.29. The highest BCUT2D eigenvalue weighted by Gasteiger charge is 2.37. The molecule has 16 heteroatoms. The van der Waals surface area contributed by atoms with Crippen molar-refractivity contribution in [1.29, 1.82) is 0 Å². The Morgan fingerprint density at radius 2 is 1.07 bits per heavy atom. The highest BCUT2D eigenvalue weighted by atomic mass is 16.6. The number of rotatable bonds is 7. The predicted octanol–water partition coefficient (Wildman–Crippen LogP) is 8.70. The number of carbonyl (C=O) groups excluding carboxylic acids is 5. The quantitative estimate of drug-likeness (QED) is 0.129. The number of amides is 5. The Bertz CT molecular complexity index is 2750. The molecule has 388 valence electrons. The fourth-order valence-corrected chi connectivity index (χ4v) is 11.0. The molecule has 4 atom stereocenters. The topological polar surface area (TPSA) is 195 Å². The number of nitrogen functional groups attached to an aromatic ring is 1. The van der Waals surface area contributed by atoms with Crippen LogP contribution < -0.4 is 21.7 Å². The van der Waals surface area contributed by atoms with Gasteiger partial charge in [-0.3, -0.25) is 24.5 Å². The Kier molecular flexibility index (Phi) is 15.2. The Balaban J connectivity index is 0.000000183. The van der Waals surface area contributed by atoms with Gasteiger partial charge in [-0.25, -0.2) is 14.8 Å². The molecule has 16 nitrogen and oxygen atoms in total. The van der Waals surface area contributed by atoms with E-state index in [4.69, 9.17) is 10.5 Å². The van der Waals surface area contributed by atoms with Gasteiger partial charge in [0.1, 0.15) is 17.2 Å². The number of likely N-dealkylation sites (N-methyl/N-ethyl adjacent to an activating group) is 2. The van der Waals surface area contributed by atoms with Gasteiger partial charge >= 0.3 is 29.7 Å². The number of anilines is 4. The van der Waals surface area contributed by atoms with Gasteiger partial charge in [-0.05, 0) is 174 Å². The van der Waals surface area contributed by atoms with Crippen molar-refractivity contribution in [3.05, 3.63) is 105 Å². The van der Waals surface area contributed by atoms with E-state index in [2.05, 4.69) is 100 Å². The first-order valence-corrected chi connectivity index (χ1v) is 26.5. The van der Waals surface area contributed by atoms with Crippen molar-refractivity contribution in [2.24, 2.45) is 11.8 Å². The predicted molar refractivity (Wildman–Crippen MR) is 283 cm³/mol. The lowest BCUT2D eigenvalue weighted by molar-refractivity contribution is -0.146. The Morgan fingerprint density at radius 3 is 1.55 bits per heavy atom. The number of benzene rings is 2. The van der Waals surface area contributed by atoms with Gasteiger partial charge in [-0.2, -0.15) is 0 Å². The zero-order valence-electron chi connectivity index (χ0n) is 43.8. The maximum atomic E-state index is 13.6. The van der Waals surface area contributed by atoms with Gasteiger partial charge in [0, 0.05) is 44.8 Å². The molecule has 4 aliphatic heterocycles. The highest BCUT2D eigenvalue weighted by molar-refractivity contribution is 6.40. The number of aromatic nitrogens is 2. The average molecular weight is 995 g/mol. The van der Waals surface area contributed by atoms with Crippen LogP contribution in [0.15, 0.2) is 60.9 Å². The molecule has 0 spiro atoms. The summed E-state index contributed by atoms with van der Waals surface area (Å²) in [4.78, 5) is 82.2. The fraction of sp³-hybridized carbons (Fsp3) is 0.526. The normalized spacial score (nSPS) is 22.2. The average Bonchev–Trinajstić information content (AvgIpc) is 4.30. The largest absolute Gasteiger partial charge is 0.444 e. The molecule has 6 aliphatic rings. The molecule has 4 fully saturated rings. The number of pyridine rings is 2. The summed E-state index contributed by atoms with van der Waals surface area (Å²) in [6.45, 7) is 14.8. The number of likely N-dealkylation sites (tertiary alicyclic amines) is 2. The van der Waals surface area contributed by atoms with E-state index in [0.717, 1.165) is 113 Å². The lowest BCUT2D eigenvalue weighted by Gasteiger charge is -2.39. The van der Waals surface area contributed by atoms with Crippen molar-refractivity contribution >= 4 is 52.7 Å². The molecule has 2 aromatic heterocycles. The van der Waals surface area contributed by atoms with Crippen LogP contribution in [0.2, 0.25) is 0 Å². The number of nitrogens with one attached hydrogen (secondary N) is 3. The van der Waals surface area contributed by atoms with E-state index >= 15 is 0 Å². The van der Waals surface area contributed by atoms with Gasteiger partial charge < -0.3 is 40.7 Å². The maximum Gasteiger partial charge on any atom is 0.413 e. The summed E-state index contributed by atoms with van der Waals surface area (Å²) in [6.07, 6.45) is 12.3.